The molecule has 5 N–H and O–H groups in total. The second-order valence-electron chi connectivity index (χ2n) is 7.12. The third-order valence-corrected chi connectivity index (χ3v) is 4.49. The molecule has 11 heteroatoms. The summed E-state index contributed by atoms with van der Waals surface area (Å²) in [6, 6.07) is -2.64. The van der Waals surface area contributed by atoms with E-state index >= 15 is 0 Å². The van der Waals surface area contributed by atoms with Crippen LogP contribution in [0.5, 0.6) is 0 Å². The van der Waals surface area contributed by atoms with Gasteiger partial charge < -0.3 is 21.7 Å². The predicted molar refractivity (Wildman–Crippen MR) is 106 cm³/mol. The van der Waals surface area contributed by atoms with Crippen LogP contribution in [0.1, 0.15) is 46.5 Å². The van der Waals surface area contributed by atoms with Gasteiger partial charge in [-0.15, -0.1) is 0 Å². The topological polar surface area (TPSA) is 168 Å². The maximum Gasteiger partial charge on any atom is 0.253 e. The fourth-order valence-corrected chi connectivity index (χ4v) is 2.58. The van der Waals surface area contributed by atoms with E-state index in [-0.39, 0.29) is 24.1 Å². The number of imide groups is 1. The predicted octanol–water partition coefficient (Wildman–Crippen LogP) is -1.53. The Hall–Kier alpha value is -3.24. The molecule has 1 heterocycles. The zero-order valence-electron chi connectivity index (χ0n) is 17.4. The van der Waals surface area contributed by atoms with Crippen LogP contribution in [-0.2, 0) is 28.8 Å². The van der Waals surface area contributed by atoms with E-state index in [1.807, 2.05) is 0 Å². The molecule has 0 aromatic rings. The van der Waals surface area contributed by atoms with Crippen molar-refractivity contribution in [3.63, 3.8) is 0 Å². The molecule has 0 bridgehead atoms. The van der Waals surface area contributed by atoms with Gasteiger partial charge in [0.05, 0.1) is 0 Å². The van der Waals surface area contributed by atoms with Crippen LogP contribution in [0.3, 0.4) is 0 Å². The van der Waals surface area contributed by atoms with Gasteiger partial charge in [0.15, 0.2) is 0 Å². The van der Waals surface area contributed by atoms with E-state index in [2.05, 4.69) is 16.0 Å². The molecule has 0 radical (unpaired) electrons. The molecule has 1 rings (SSSR count). The van der Waals surface area contributed by atoms with Gasteiger partial charge in [0.25, 0.3) is 11.8 Å². The van der Waals surface area contributed by atoms with E-state index in [9.17, 15) is 28.8 Å². The van der Waals surface area contributed by atoms with Crippen LogP contribution in [0.15, 0.2) is 12.2 Å². The van der Waals surface area contributed by atoms with Gasteiger partial charge in [-0.1, -0.05) is 6.42 Å². The summed E-state index contributed by atoms with van der Waals surface area (Å²) in [6.07, 6.45) is 4.40. The minimum absolute atomic E-state index is 0.184. The lowest BCUT2D eigenvalue weighted by atomic mass is 10.1. The monoisotopic (exact) mass is 423 g/mol. The van der Waals surface area contributed by atoms with Crippen molar-refractivity contribution in [2.24, 2.45) is 5.73 Å². The van der Waals surface area contributed by atoms with Crippen molar-refractivity contribution in [2.75, 3.05) is 6.54 Å². The number of rotatable bonds is 12. The molecular weight excluding hydrogens is 394 g/mol. The molecule has 1 aliphatic heterocycles. The average molecular weight is 423 g/mol. The average Bonchev–Trinajstić information content (AvgIpc) is 2.99. The van der Waals surface area contributed by atoms with Crippen molar-refractivity contribution in [1.29, 1.82) is 0 Å². The van der Waals surface area contributed by atoms with Crippen LogP contribution in [-0.4, -0.2) is 65.0 Å². The number of unbranched alkanes of at least 4 members (excludes halogenated alkanes) is 2. The number of carbonyl (C=O) groups is 6. The first kappa shape index (κ1) is 24.8. The molecule has 0 spiro atoms. The zero-order valence-corrected chi connectivity index (χ0v) is 17.4. The first-order valence-corrected chi connectivity index (χ1v) is 9.76. The van der Waals surface area contributed by atoms with Gasteiger partial charge >= 0.3 is 0 Å². The van der Waals surface area contributed by atoms with Crippen LogP contribution in [0, 0.1) is 0 Å². The molecule has 0 aromatic heterocycles. The quantitative estimate of drug-likeness (QED) is 0.219. The van der Waals surface area contributed by atoms with E-state index < -0.39 is 35.8 Å². The summed E-state index contributed by atoms with van der Waals surface area (Å²) >= 11 is 0. The van der Waals surface area contributed by atoms with Gasteiger partial charge in [-0.3, -0.25) is 33.7 Å². The lowest BCUT2D eigenvalue weighted by Gasteiger charge is -2.19. The van der Waals surface area contributed by atoms with Crippen LogP contribution < -0.4 is 21.7 Å². The molecule has 3 atom stereocenters. The molecule has 0 aromatic carbocycles. The Bertz CT molecular complexity index is 717. The van der Waals surface area contributed by atoms with Crippen LogP contribution in [0.25, 0.3) is 0 Å². The zero-order chi connectivity index (χ0) is 22.8. The molecule has 0 unspecified atom stereocenters. The molecular formula is C19H29N5O6. The van der Waals surface area contributed by atoms with Crippen molar-refractivity contribution in [3.05, 3.63) is 12.2 Å². The number of carbonyl (C=O) groups excluding carboxylic acids is 6. The molecule has 0 aliphatic carbocycles. The Morgan fingerprint density at radius 2 is 1.33 bits per heavy atom. The van der Waals surface area contributed by atoms with Gasteiger partial charge in [0.2, 0.25) is 23.6 Å². The van der Waals surface area contributed by atoms with Crippen molar-refractivity contribution in [3.8, 4) is 0 Å². The highest BCUT2D eigenvalue weighted by Gasteiger charge is 2.23. The Morgan fingerprint density at radius 3 is 1.87 bits per heavy atom. The standard InChI is InChI=1S/C19H29N5O6/c1-11(17(20)28)22-19(30)13(3)23-18(29)12(2)21-14(25)7-5-4-6-10-24-15(26)8-9-16(24)27/h8-9,11-13H,4-7,10H2,1-3H3,(H2,20,28)(H,21,25)(H,22,30)(H,23,29)/t11-,12-,13+/m0/s1. The second-order valence-corrected chi connectivity index (χ2v) is 7.12. The Kier molecular flexibility index (Phi) is 9.66. The third-order valence-electron chi connectivity index (χ3n) is 4.49. The number of hydrogen-bond acceptors (Lipinski definition) is 6. The third kappa shape index (κ3) is 8.02. The highest BCUT2D eigenvalue weighted by Crippen LogP contribution is 2.07. The number of hydrogen-bond donors (Lipinski definition) is 4. The lowest BCUT2D eigenvalue weighted by molar-refractivity contribution is -0.137. The second kappa shape index (κ2) is 11.7. The molecule has 6 amide bonds. The van der Waals surface area contributed by atoms with E-state index in [0.717, 1.165) is 4.90 Å². The van der Waals surface area contributed by atoms with Gasteiger partial charge in [-0.25, -0.2) is 0 Å². The molecule has 30 heavy (non-hydrogen) atoms. The Morgan fingerprint density at radius 1 is 0.833 bits per heavy atom. The summed E-state index contributed by atoms with van der Waals surface area (Å²) < 4.78 is 0. The van der Waals surface area contributed by atoms with Crippen molar-refractivity contribution in [1.82, 2.24) is 20.9 Å². The molecule has 166 valence electrons. The number of nitrogens with one attached hydrogen (secondary N) is 3. The summed E-state index contributed by atoms with van der Waals surface area (Å²) in [5, 5.41) is 7.36. The van der Waals surface area contributed by atoms with Gasteiger partial charge in [-0.2, -0.15) is 0 Å². The largest absolute Gasteiger partial charge is 0.368 e. The smallest absolute Gasteiger partial charge is 0.253 e. The lowest BCUT2D eigenvalue weighted by Crippen LogP contribution is -2.54. The number of nitrogens with zero attached hydrogens (tertiary/aromatic N) is 1. The highest BCUT2D eigenvalue weighted by molar-refractivity contribution is 6.12. The minimum atomic E-state index is -0.913. The fourth-order valence-electron chi connectivity index (χ4n) is 2.58. The molecule has 0 saturated carbocycles. The van der Waals surface area contributed by atoms with E-state index in [1.54, 1.807) is 0 Å². The molecule has 1 aliphatic rings. The van der Waals surface area contributed by atoms with Crippen LogP contribution in [0.2, 0.25) is 0 Å². The van der Waals surface area contributed by atoms with Gasteiger partial charge in [0.1, 0.15) is 18.1 Å². The summed E-state index contributed by atoms with van der Waals surface area (Å²) in [7, 11) is 0. The summed E-state index contributed by atoms with van der Waals surface area (Å²) in [4.78, 5) is 70.9. The van der Waals surface area contributed by atoms with Crippen molar-refractivity contribution >= 4 is 35.4 Å². The minimum Gasteiger partial charge on any atom is -0.368 e. The first-order chi connectivity index (χ1) is 14.0. The highest BCUT2D eigenvalue weighted by atomic mass is 16.2. The SMILES string of the molecule is C[C@H](NC(=O)[C@@H](C)NC(=O)[C@H](C)NC(=O)CCCCCN1C(=O)C=CC1=O)C(N)=O. The maximum absolute atomic E-state index is 12.1. The van der Waals surface area contributed by atoms with Crippen LogP contribution in [0.4, 0.5) is 0 Å². The van der Waals surface area contributed by atoms with E-state index in [0.29, 0.717) is 25.8 Å². The summed E-state index contributed by atoms with van der Waals surface area (Å²) in [5.74, 6) is -2.80. The fraction of sp³-hybridized carbons (Fsp3) is 0.579. The normalized spacial score (nSPS) is 16.0. The maximum atomic E-state index is 12.1. The Labute approximate surface area is 174 Å². The number of amides is 6. The number of primary amides is 1. The van der Waals surface area contributed by atoms with Gasteiger partial charge in [0, 0.05) is 25.1 Å². The van der Waals surface area contributed by atoms with E-state index in [1.165, 1.54) is 32.9 Å². The van der Waals surface area contributed by atoms with Crippen molar-refractivity contribution in [2.45, 2.75) is 64.6 Å². The summed E-state index contributed by atoms with van der Waals surface area (Å²) in [5.41, 5.74) is 5.07. The van der Waals surface area contributed by atoms with Gasteiger partial charge in [-0.05, 0) is 33.6 Å². The molecule has 0 fully saturated rings. The molecule has 11 nitrogen and oxygen atoms in total. The van der Waals surface area contributed by atoms with E-state index in [4.69, 9.17) is 5.73 Å². The van der Waals surface area contributed by atoms with Crippen molar-refractivity contribution < 1.29 is 28.8 Å². The summed E-state index contributed by atoms with van der Waals surface area (Å²) in [6.45, 7) is 4.66. The number of nitrogens with two attached hydrogens (primary N) is 1. The first-order valence-electron chi connectivity index (χ1n) is 9.76. The van der Waals surface area contributed by atoms with Crippen LogP contribution >= 0.6 is 0 Å². The molecule has 0 saturated heterocycles. The Balaban J connectivity index is 2.25.